The number of hydrogen-bond acceptors (Lipinski definition) is 6. The van der Waals surface area contributed by atoms with Crippen molar-refractivity contribution in [3.63, 3.8) is 0 Å². The zero-order valence-corrected chi connectivity index (χ0v) is 14.0. The third-order valence-corrected chi connectivity index (χ3v) is 3.20. The van der Waals surface area contributed by atoms with Crippen molar-refractivity contribution in [2.75, 3.05) is 12.3 Å². The fourth-order valence-corrected chi connectivity index (χ4v) is 2.36. The number of rotatable bonds is 2. The zero-order chi connectivity index (χ0) is 18.1. The summed E-state index contributed by atoms with van der Waals surface area (Å²) in [4.78, 5) is 24.9. The van der Waals surface area contributed by atoms with E-state index < -0.39 is 17.7 Å². The SMILES string of the molecule is CCOC(=O)c1c(N)c2c(C#N)cccc2n1C(=O)OC(C)(C)C. The Morgan fingerprint density at radius 3 is 2.54 bits per heavy atom. The van der Waals surface area contributed by atoms with Crippen LogP contribution in [0.25, 0.3) is 10.9 Å². The number of aromatic nitrogens is 1. The lowest BCUT2D eigenvalue weighted by Gasteiger charge is -2.20. The second-order valence-corrected chi connectivity index (χ2v) is 6.11. The van der Waals surface area contributed by atoms with Gasteiger partial charge in [0.05, 0.1) is 29.4 Å². The summed E-state index contributed by atoms with van der Waals surface area (Å²) < 4.78 is 11.4. The molecular formula is C17H19N3O4. The summed E-state index contributed by atoms with van der Waals surface area (Å²) in [5.74, 6) is -0.749. The third-order valence-electron chi connectivity index (χ3n) is 3.20. The molecule has 24 heavy (non-hydrogen) atoms. The van der Waals surface area contributed by atoms with Crippen molar-refractivity contribution in [3.8, 4) is 6.07 Å². The van der Waals surface area contributed by atoms with Crippen LogP contribution in [0.3, 0.4) is 0 Å². The number of nitrogens with zero attached hydrogens (tertiary/aromatic N) is 2. The minimum atomic E-state index is -0.763. The van der Waals surface area contributed by atoms with Crippen LogP contribution in [0.2, 0.25) is 0 Å². The highest BCUT2D eigenvalue weighted by Crippen LogP contribution is 2.32. The highest BCUT2D eigenvalue weighted by Gasteiger charge is 2.30. The van der Waals surface area contributed by atoms with Gasteiger partial charge in [-0.2, -0.15) is 5.26 Å². The minimum Gasteiger partial charge on any atom is -0.461 e. The molecule has 0 saturated heterocycles. The van der Waals surface area contributed by atoms with E-state index in [9.17, 15) is 14.9 Å². The van der Waals surface area contributed by atoms with E-state index >= 15 is 0 Å². The van der Waals surface area contributed by atoms with Gasteiger partial charge in [0.15, 0.2) is 5.69 Å². The van der Waals surface area contributed by atoms with Crippen molar-refractivity contribution in [3.05, 3.63) is 29.5 Å². The molecule has 0 amide bonds. The van der Waals surface area contributed by atoms with Gasteiger partial charge < -0.3 is 15.2 Å². The average molecular weight is 329 g/mol. The van der Waals surface area contributed by atoms with E-state index in [0.29, 0.717) is 10.9 Å². The van der Waals surface area contributed by atoms with Crippen molar-refractivity contribution >= 4 is 28.7 Å². The molecule has 7 nitrogen and oxygen atoms in total. The maximum atomic E-state index is 12.6. The number of nitriles is 1. The Kier molecular flexibility index (Phi) is 4.51. The molecule has 0 fully saturated rings. The largest absolute Gasteiger partial charge is 0.461 e. The van der Waals surface area contributed by atoms with Crippen molar-refractivity contribution in [1.29, 1.82) is 5.26 Å². The number of nitrogen functional groups attached to an aromatic ring is 1. The van der Waals surface area contributed by atoms with Crippen molar-refractivity contribution < 1.29 is 19.1 Å². The van der Waals surface area contributed by atoms with Gasteiger partial charge in [-0.3, -0.25) is 0 Å². The lowest BCUT2D eigenvalue weighted by atomic mass is 10.1. The van der Waals surface area contributed by atoms with Gasteiger partial charge in [-0.25, -0.2) is 14.2 Å². The molecule has 1 aromatic carbocycles. The fourth-order valence-electron chi connectivity index (χ4n) is 2.36. The van der Waals surface area contributed by atoms with Gasteiger partial charge in [0.25, 0.3) is 0 Å². The third kappa shape index (κ3) is 3.04. The van der Waals surface area contributed by atoms with Crippen molar-refractivity contribution in [2.45, 2.75) is 33.3 Å². The van der Waals surface area contributed by atoms with Gasteiger partial charge in [0, 0.05) is 5.39 Å². The molecule has 2 N–H and O–H groups in total. The van der Waals surface area contributed by atoms with Crippen LogP contribution in [0.15, 0.2) is 18.2 Å². The number of fused-ring (bicyclic) bond motifs is 1. The van der Waals surface area contributed by atoms with Crippen LogP contribution in [-0.4, -0.2) is 28.8 Å². The second-order valence-electron chi connectivity index (χ2n) is 6.11. The van der Waals surface area contributed by atoms with Crippen molar-refractivity contribution in [2.24, 2.45) is 0 Å². The molecule has 2 aromatic rings. The number of ether oxygens (including phenoxy) is 2. The summed E-state index contributed by atoms with van der Waals surface area (Å²) in [7, 11) is 0. The van der Waals surface area contributed by atoms with Gasteiger partial charge in [-0.15, -0.1) is 0 Å². The summed E-state index contributed by atoms with van der Waals surface area (Å²) in [6, 6.07) is 6.78. The van der Waals surface area contributed by atoms with Gasteiger partial charge >= 0.3 is 12.1 Å². The Balaban J connectivity index is 2.80. The van der Waals surface area contributed by atoms with Gasteiger partial charge in [0.1, 0.15) is 5.60 Å². The van der Waals surface area contributed by atoms with E-state index in [4.69, 9.17) is 15.2 Å². The first-order valence-electron chi connectivity index (χ1n) is 7.44. The van der Waals surface area contributed by atoms with Gasteiger partial charge in [0.2, 0.25) is 0 Å². The first kappa shape index (κ1) is 17.3. The molecule has 0 radical (unpaired) electrons. The first-order chi connectivity index (χ1) is 11.2. The maximum Gasteiger partial charge on any atom is 0.419 e. The number of carbonyl (C=O) groups excluding carboxylic acids is 2. The first-order valence-corrected chi connectivity index (χ1v) is 7.44. The predicted octanol–water partition coefficient (Wildman–Crippen LogP) is 3.06. The number of hydrogen-bond donors (Lipinski definition) is 1. The molecule has 126 valence electrons. The monoisotopic (exact) mass is 329 g/mol. The molecule has 0 aliphatic carbocycles. The lowest BCUT2D eigenvalue weighted by Crippen LogP contribution is -2.29. The summed E-state index contributed by atoms with van der Waals surface area (Å²) >= 11 is 0. The fraction of sp³-hybridized carbons (Fsp3) is 0.353. The summed E-state index contributed by atoms with van der Waals surface area (Å²) in [5, 5.41) is 9.61. The van der Waals surface area contributed by atoms with E-state index in [1.807, 2.05) is 6.07 Å². The molecule has 0 aliphatic heterocycles. The van der Waals surface area contributed by atoms with E-state index in [2.05, 4.69) is 0 Å². The summed E-state index contributed by atoms with van der Waals surface area (Å²) in [6.45, 7) is 6.91. The number of esters is 1. The Bertz CT molecular complexity index is 853. The Hall–Kier alpha value is -3.01. The minimum absolute atomic E-state index is 0.0199. The normalized spacial score (nSPS) is 11.1. The number of anilines is 1. The Morgan fingerprint density at radius 1 is 1.33 bits per heavy atom. The molecule has 0 aliphatic rings. The van der Waals surface area contributed by atoms with Gasteiger partial charge in [-0.05, 0) is 39.8 Å². The topological polar surface area (TPSA) is 107 Å². The van der Waals surface area contributed by atoms with E-state index in [1.165, 1.54) is 0 Å². The van der Waals surface area contributed by atoms with Crippen LogP contribution in [-0.2, 0) is 9.47 Å². The molecule has 1 heterocycles. The number of carbonyl (C=O) groups is 2. The second kappa shape index (κ2) is 6.24. The average Bonchev–Trinajstić information content (AvgIpc) is 2.79. The predicted molar refractivity (Wildman–Crippen MR) is 88.7 cm³/mol. The zero-order valence-electron chi connectivity index (χ0n) is 14.0. The summed E-state index contributed by atoms with van der Waals surface area (Å²) in [6.07, 6.45) is -0.762. The van der Waals surface area contributed by atoms with Crippen molar-refractivity contribution in [1.82, 2.24) is 4.57 Å². The molecule has 0 spiro atoms. The smallest absolute Gasteiger partial charge is 0.419 e. The molecule has 0 bridgehead atoms. The Labute approximate surface area is 139 Å². The lowest BCUT2D eigenvalue weighted by molar-refractivity contribution is 0.0455. The van der Waals surface area contributed by atoms with Crippen LogP contribution in [0, 0.1) is 11.3 Å². The molecule has 1 aromatic heterocycles. The van der Waals surface area contributed by atoms with E-state index in [1.54, 1.807) is 45.9 Å². The highest BCUT2D eigenvalue weighted by atomic mass is 16.6. The van der Waals surface area contributed by atoms with Crippen LogP contribution >= 0.6 is 0 Å². The van der Waals surface area contributed by atoms with Crippen LogP contribution in [0.4, 0.5) is 10.5 Å². The molecule has 0 saturated carbocycles. The molecule has 0 unspecified atom stereocenters. The molecule has 7 heteroatoms. The van der Waals surface area contributed by atoms with Gasteiger partial charge in [-0.1, -0.05) is 6.07 Å². The summed E-state index contributed by atoms with van der Waals surface area (Å²) in [5.41, 5.74) is 5.78. The Morgan fingerprint density at radius 2 is 2.00 bits per heavy atom. The molecular weight excluding hydrogens is 310 g/mol. The molecule has 0 atom stereocenters. The van der Waals surface area contributed by atoms with Crippen LogP contribution in [0.1, 0.15) is 43.7 Å². The quantitative estimate of drug-likeness (QED) is 0.848. The number of benzene rings is 1. The van der Waals surface area contributed by atoms with E-state index in [-0.39, 0.29) is 23.6 Å². The maximum absolute atomic E-state index is 12.6. The van der Waals surface area contributed by atoms with Crippen LogP contribution in [0.5, 0.6) is 0 Å². The standard InChI is InChI=1S/C17H19N3O4/c1-5-23-15(21)14-13(19)12-10(9-18)7-6-8-11(12)20(14)16(22)24-17(2,3)4/h6-8H,5,19H2,1-4H3. The van der Waals surface area contributed by atoms with Crippen LogP contribution < -0.4 is 5.73 Å². The highest BCUT2D eigenvalue weighted by molar-refractivity contribution is 6.11. The molecule has 2 rings (SSSR count). The van der Waals surface area contributed by atoms with E-state index in [0.717, 1.165) is 4.57 Å². The number of nitrogens with two attached hydrogens (primary N) is 1.